The Balaban J connectivity index is 2.14. The van der Waals surface area contributed by atoms with Crippen molar-refractivity contribution in [3.05, 3.63) is 40.6 Å². The Morgan fingerprint density at radius 3 is 2.80 bits per heavy atom. The summed E-state index contributed by atoms with van der Waals surface area (Å²) < 4.78 is 0. The molecule has 0 amide bonds. The first kappa shape index (κ1) is 13.1. The van der Waals surface area contributed by atoms with Crippen molar-refractivity contribution in [2.24, 2.45) is 0 Å². The van der Waals surface area contributed by atoms with E-state index in [0.29, 0.717) is 0 Å². The molecule has 2 N–H and O–H groups in total. The molecule has 0 saturated heterocycles. The lowest BCUT2D eigenvalue weighted by molar-refractivity contribution is 0.628. The van der Waals surface area contributed by atoms with Crippen LogP contribution < -0.4 is 10.6 Å². The van der Waals surface area contributed by atoms with Crippen LogP contribution >= 0.6 is 0 Å². The molecule has 1 aliphatic rings. The average molecular weight is 268 g/mol. The van der Waals surface area contributed by atoms with Crippen LogP contribution in [0.3, 0.4) is 0 Å². The smallest absolute Gasteiger partial charge is 0.162 e. The highest BCUT2D eigenvalue weighted by Gasteiger charge is 2.18. The van der Waals surface area contributed by atoms with Crippen molar-refractivity contribution >= 4 is 5.82 Å². The summed E-state index contributed by atoms with van der Waals surface area (Å²) in [5.41, 5.74) is 5.97. The van der Waals surface area contributed by atoms with Crippen LogP contribution in [0.1, 0.15) is 22.4 Å². The summed E-state index contributed by atoms with van der Waals surface area (Å²) in [6.07, 6.45) is 0.963. The van der Waals surface area contributed by atoms with Gasteiger partial charge < -0.3 is 10.6 Å². The number of aryl methyl sites for hydroxylation is 2. The molecule has 4 heteroatoms. The van der Waals surface area contributed by atoms with Gasteiger partial charge in [-0.3, -0.25) is 0 Å². The summed E-state index contributed by atoms with van der Waals surface area (Å²) in [4.78, 5) is 9.49. The van der Waals surface area contributed by atoms with E-state index in [9.17, 15) is 0 Å². The summed E-state index contributed by atoms with van der Waals surface area (Å²) in [5.74, 6) is 1.77. The van der Waals surface area contributed by atoms with Crippen molar-refractivity contribution in [2.75, 3.05) is 18.9 Å². The fraction of sp³-hybridized carbons (Fsp3) is 0.375. The maximum atomic E-state index is 4.79. The van der Waals surface area contributed by atoms with Crippen LogP contribution in [-0.2, 0) is 13.0 Å². The van der Waals surface area contributed by atoms with Gasteiger partial charge in [-0.05, 0) is 19.4 Å². The zero-order valence-electron chi connectivity index (χ0n) is 12.2. The Hall–Kier alpha value is -1.94. The highest BCUT2D eigenvalue weighted by atomic mass is 15.0. The summed E-state index contributed by atoms with van der Waals surface area (Å²) in [6, 6.07) is 6.41. The van der Waals surface area contributed by atoms with E-state index >= 15 is 0 Å². The molecule has 0 radical (unpaired) electrons. The normalized spacial score (nSPS) is 13.9. The zero-order valence-corrected chi connectivity index (χ0v) is 12.2. The van der Waals surface area contributed by atoms with Crippen LogP contribution in [0.25, 0.3) is 11.4 Å². The maximum absolute atomic E-state index is 4.79. The lowest BCUT2D eigenvalue weighted by atomic mass is 10.0. The predicted octanol–water partition coefficient (Wildman–Crippen LogP) is 2.45. The van der Waals surface area contributed by atoms with Gasteiger partial charge in [0.2, 0.25) is 0 Å². The molecule has 3 rings (SSSR count). The quantitative estimate of drug-likeness (QED) is 0.878. The fourth-order valence-electron chi connectivity index (χ4n) is 2.73. The summed E-state index contributed by atoms with van der Waals surface area (Å²) >= 11 is 0. The minimum atomic E-state index is 0.826. The Kier molecular flexibility index (Phi) is 3.40. The van der Waals surface area contributed by atoms with E-state index in [-0.39, 0.29) is 0 Å². The lowest BCUT2D eigenvalue weighted by Crippen LogP contribution is -2.26. The van der Waals surface area contributed by atoms with Gasteiger partial charge in [-0.1, -0.05) is 23.8 Å². The Morgan fingerprint density at radius 2 is 2.05 bits per heavy atom. The van der Waals surface area contributed by atoms with E-state index < -0.39 is 0 Å². The van der Waals surface area contributed by atoms with E-state index in [0.717, 1.165) is 42.4 Å². The van der Waals surface area contributed by atoms with Crippen molar-refractivity contribution in [3.8, 4) is 11.4 Å². The molecule has 1 aromatic heterocycles. The molecule has 0 fully saturated rings. The van der Waals surface area contributed by atoms with Crippen molar-refractivity contribution in [1.29, 1.82) is 0 Å². The van der Waals surface area contributed by atoms with Gasteiger partial charge >= 0.3 is 0 Å². The molecular formula is C16H20N4. The number of benzene rings is 1. The molecule has 4 nitrogen and oxygen atoms in total. The molecule has 104 valence electrons. The minimum Gasteiger partial charge on any atom is -0.373 e. The van der Waals surface area contributed by atoms with E-state index in [2.05, 4.69) is 42.7 Å². The van der Waals surface area contributed by atoms with Gasteiger partial charge in [-0.2, -0.15) is 0 Å². The highest BCUT2D eigenvalue weighted by Crippen LogP contribution is 2.26. The summed E-state index contributed by atoms with van der Waals surface area (Å²) in [5, 5.41) is 6.58. The Bertz CT molecular complexity index is 632. The van der Waals surface area contributed by atoms with E-state index in [1.54, 1.807) is 0 Å². The molecular weight excluding hydrogens is 248 g/mol. The molecule has 2 aromatic rings. The Labute approximate surface area is 119 Å². The first-order valence-corrected chi connectivity index (χ1v) is 7.05. The first-order valence-electron chi connectivity index (χ1n) is 7.05. The summed E-state index contributed by atoms with van der Waals surface area (Å²) in [6.45, 7) is 6.05. The second kappa shape index (κ2) is 5.21. The molecule has 20 heavy (non-hydrogen) atoms. The third-order valence-corrected chi connectivity index (χ3v) is 3.79. The van der Waals surface area contributed by atoms with Crippen molar-refractivity contribution < 1.29 is 0 Å². The molecule has 0 saturated carbocycles. The van der Waals surface area contributed by atoms with Crippen LogP contribution in [0.2, 0.25) is 0 Å². The average Bonchev–Trinajstić information content (AvgIpc) is 2.46. The highest BCUT2D eigenvalue weighted by molar-refractivity contribution is 5.64. The van der Waals surface area contributed by atoms with Crippen molar-refractivity contribution in [3.63, 3.8) is 0 Å². The second-order valence-corrected chi connectivity index (χ2v) is 5.32. The van der Waals surface area contributed by atoms with E-state index in [1.165, 1.54) is 16.7 Å². The van der Waals surface area contributed by atoms with Gasteiger partial charge in [0.05, 0.1) is 5.69 Å². The molecule has 0 spiro atoms. The number of hydrogen-bond donors (Lipinski definition) is 2. The number of nitrogens with zero attached hydrogens (tertiary/aromatic N) is 2. The SMILES string of the molecule is CNc1nc(-c2ccc(C)cc2C)nc2c1CNCC2. The fourth-order valence-corrected chi connectivity index (χ4v) is 2.73. The second-order valence-electron chi connectivity index (χ2n) is 5.32. The standard InChI is InChI=1S/C16H20N4/c1-10-4-5-12(11(2)8-10)16-19-14-6-7-18-9-13(14)15(17-3)20-16/h4-5,8,18H,6-7,9H2,1-3H3,(H,17,19,20). The maximum Gasteiger partial charge on any atom is 0.162 e. The van der Waals surface area contributed by atoms with Gasteiger partial charge in [0.1, 0.15) is 5.82 Å². The van der Waals surface area contributed by atoms with Gasteiger partial charge in [0, 0.05) is 37.7 Å². The topological polar surface area (TPSA) is 49.8 Å². The molecule has 2 heterocycles. The van der Waals surface area contributed by atoms with Gasteiger partial charge in [0.15, 0.2) is 5.82 Å². The largest absolute Gasteiger partial charge is 0.373 e. The van der Waals surface area contributed by atoms with Gasteiger partial charge in [-0.15, -0.1) is 0 Å². The molecule has 0 unspecified atom stereocenters. The predicted molar refractivity (Wildman–Crippen MR) is 81.9 cm³/mol. The number of rotatable bonds is 2. The third-order valence-electron chi connectivity index (χ3n) is 3.79. The zero-order chi connectivity index (χ0) is 14.1. The minimum absolute atomic E-state index is 0.826. The molecule has 0 bridgehead atoms. The number of fused-ring (bicyclic) bond motifs is 1. The van der Waals surface area contributed by atoms with Crippen molar-refractivity contribution in [1.82, 2.24) is 15.3 Å². The molecule has 0 aliphatic carbocycles. The first-order chi connectivity index (χ1) is 9.69. The van der Waals surface area contributed by atoms with Crippen LogP contribution in [0.15, 0.2) is 18.2 Å². The number of nitrogens with one attached hydrogen (secondary N) is 2. The van der Waals surface area contributed by atoms with Crippen LogP contribution in [0, 0.1) is 13.8 Å². The van der Waals surface area contributed by atoms with Crippen LogP contribution in [-0.4, -0.2) is 23.6 Å². The van der Waals surface area contributed by atoms with Gasteiger partial charge in [-0.25, -0.2) is 9.97 Å². The van der Waals surface area contributed by atoms with Crippen LogP contribution in [0.4, 0.5) is 5.82 Å². The molecule has 1 aromatic carbocycles. The van der Waals surface area contributed by atoms with Crippen molar-refractivity contribution in [2.45, 2.75) is 26.8 Å². The number of hydrogen-bond acceptors (Lipinski definition) is 4. The van der Waals surface area contributed by atoms with Gasteiger partial charge in [0.25, 0.3) is 0 Å². The van der Waals surface area contributed by atoms with Crippen LogP contribution in [0.5, 0.6) is 0 Å². The summed E-state index contributed by atoms with van der Waals surface area (Å²) in [7, 11) is 1.92. The van der Waals surface area contributed by atoms with E-state index in [4.69, 9.17) is 9.97 Å². The molecule has 0 atom stereocenters. The molecule has 1 aliphatic heterocycles. The lowest BCUT2D eigenvalue weighted by Gasteiger charge is -2.20. The number of aromatic nitrogens is 2. The third kappa shape index (κ3) is 2.27. The monoisotopic (exact) mass is 268 g/mol. The van der Waals surface area contributed by atoms with E-state index in [1.807, 2.05) is 7.05 Å². The number of anilines is 1. The Morgan fingerprint density at radius 1 is 1.20 bits per heavy atom.